The van der Waals surface area contributed by atoms with E-state index in [9.17, 15) is 0 Å². The molecule has 0 aliphatic rings. The fourth-order valence-electron chi connectivity index (χ4n) is 1.44. The van der Waals surface area contributed by atoms with Gasteiger partial charge in [-0.3, -0.25) is 0 Å². The molecule has 0 aliphatic carbocycles. The minimum Gasteiger partial charge on any atom is -0.382 e. The predicted octanol–water partition coefficient (Wildman–Crippen LogP) is 3.76. The third kappa shape index (κ3) is 3.25. The van der Waals surface area contributed by atoms with E-state index in [1.807, 2.05) is 6.08 Å². The second-order valence-corrected chi connectivity index (χ2v) is 3.73. The monoisotopic (exact) mass is 189 g/mol. The summed E-state index contributed by atoms with van der Waals surface area (Å²) in [5.74, 6) is 0. The molecule has 0 spiro atoms. The van der Waals surface area contributed by atoms with Crippen molar-refractivity contribution in [3.8, 4) is 0 Å². The molecule has 1 aromatic rings. The molecule has 0 aliphatic heterocycles. The summed E-state index contributed by atoms with van der Waals surface area (Å²) in [5.41, 5.74) is 2.54. The number of aryl methyl sites for hydroxylation is 1. The van der Waals surface area contributed by atoms with Crippen molar-refractivity contribution in [2.45, 2.75) is 32.7 Å². The van der Waals surface area contributed by atoms with Gasteiger partial charge in [0.1, 0.15) is 0 Å². The first-order valence-electron chi connectivity index (χ1n) is 5.17. The summed E-state index contributed by atoms with van der Waals surface area (Å²) in [6.07, 6.45) is 4.17. The Morgan fingerprint density at radius 2 is 2.14 bits per heavy atom. The maximum Gasteiger partial charge on any atom is 0.0371 e. The second kappa shape index (κ2) is 5.48. The highest BCUT2D eigenvalue weighted by molar-refractivity contribution is 5.50. The topological polar surface area (TPSA) is 12.0 Å². The summed E-state index contributed by atoms with van der Waals surface area (Å²) in [5, 5.41) is 3.50. The molecule has 0 saturated heterocycles. The van der Waals surface area contributed by atoms with Gasteiger partial charge in [-0.15, -0.1) is 6.58 Å². The molecule has 0 fully saturated rings. The van der Waals surface area contributed by atoms with Gasteiger partial charge in [-0.25, -0.2) is 0 Å². The Hall–Kier alpha value is -1.24. The molecule has 1 heteroatoms. The van der Waals surface area contributed by atoms with E-state index in [1.54, 1.807) is 0 Å². The Kier molecular flexibility index (Phi) is 4.24. The van der Waals surface area contributed by atoms with Gasteiger partial charge in [-0.05, 0) is 38.3 Å². The van der Waals surface area contributed by atoms with Crippen molar-refractivity contribution in [3.63, 3.8) is 0 Å². The maximum absolute atomic E-state index is 3.73. The average Bonchev–Trinajstić information content (AvgIpc) is 2.18. The van der Waals surface area contributed by atoms with Gasteiger partial charge in [-0.2, -0.15) is 0 Å². The van der Waals surface area contributed by atoms with Gasteiger partial charge >= 0.3 is 0 Å². The molecule has 76 valence electrons. The van der Waals surface area contributed by atoms with Gasteiger partial charge in [0, 0.05) is 11.7 Å². The van der Waals surface area contributed by atoms with E-state index in [2.05, 4.69) is 50.0 Å². The Labute approximate surface area is 86.8 Å². The molecule has 14 heavy (non-hydrogen) atoms. The standard InChI is InChI=1S/C13H19N/c1-4-5-9-12(3)14-13-10-7-6-8-11(13)2/h4,6-8,10,12,14H,1,5,9H2,2-3H3/t12-/m0/s1. The van der Waals surface area contributed by atoms with Crippen LogP contribution in [-0.4, -0.2) is 6.04 Å². The van der Waals surface area contributed by atoms with Crippen LogP contribution in [0, 0.1) is 6.92 Å². The van der Waals surface area contributed by atoms with E-state index < -0.39 is 0 Å². The van der Waals surface area contributed by atoms with E-state index in [0.29, 0.717) is 6.04 Å². The zero-order valence-electron chi connectivity index (χ0n) is 9.09. The van der Waals surface area contributed by atoms with Gasteiger partial charge in [0.2, 0.25) is 0 Å². The summed E-state index contributed by atoms with van der Waals surface area (Å²) in [6.45, 7) is 8.06. The fraction of sp³-hybridized carbons (Fsp3) is 0.385. The number of anilines is 1. The molecule has 0 saturated carbocycles. The first-order chi connectivity index (χ1) is 6.74. The second-order valence-electron chi connectivity index (χ2n) is 3.73. The Bertz CT molecular complexity index is 291. The lowest BCUT2D eigenvalue weighted by molar-refractivity contribution is 0.718. The molecule has 0 radical (unpaired) electrons. The smallest absolute Gasteiger partial charge is 0.0371 e. The van der Waals surface area contributed by atoms with Crippen LogP contribution in [0.4, 0.5) is 5.69 Å². The Morgan fingerprint density at radius 1 is 1.43 bits per heavy atom. The van der Waals surface area contributed by atoms with Crippen molar-refractivity contribution in [2.75, 3.05) is 5.32 Å². The molecule has 1 aromatic carbocycles. The highest BCUT2D eigenvalue weighted by atomic mass is 14.9. The minimum absolute atomic E-state index is 0.508. The molecule has 1 rings (SSSR count). The molecular weight excluding hydrogens is 170 g/mol. The molecule has 0 aromatic heterocycles. The van der Waals surface area contributed by atoms with Crippen LogP contribution < -0.4 is 5.32 Å². The number of rotatable bonds is 5. The van der Waals surface area contributed by atoms with Crippen LogP contribution in [-0.2, 0) is 0 Å². The van der Waals surface area contributed by atoms with E-state index in [4.69, 9.17) is 0 Å². The van der Waals surface area contributed by atoms with Crippen molar-refractivity contribution in [3.05, 3.63) is 42.5 Å². The van der Waals surface area contributed by atoms with Gasteiger partial charge in [-0.1, -0.05) is 24.3 Å². The van der Waals surface area contributed by atoms with Crippen LogP contribution in [0.25, 0.3) is 0 Å². The lowest BCUT2D eigenvalue weighted by Crippen LogP contribution is -2.15. The first-order valence-corrected chi connectivity index (χ1v) is 5.17. The molecule has 1 N–H and O–H groups in total. The van der Waals surface area contributed by atoms with Crippen LogP contribution >= 0.6 is 0 Å². The predicted molar refractivity (Wildman–Crippen MR) is 63.7 cm³/mol. The maximum atomic E-state index is 3.73. The van der Waals surface area contributed by atoms with E-state index in [0.717, 1.165) is 12.8 Å². The van der Waals surface area contributed by atoms with E-state index in [-0.39, 0.29) is 0 Å². The normalized spacial score (nSPS) is 12.1. The van der Waals surface area contributed by atoms with E-state index in [1.165, 1.54) is 11.3 Å². The zero-order chi connectivity index (χ0) is 10.4. The number of nitrogens with one attached hydrogen (secondary N) is 1. The number of hydrogen-bond acceptors (Lipinski definition) is 1. The van der Waals surface area contributed by atoms with Gasteiger partial charge < -0.3 is 5.32 Å². The van der Waals surface area contributed by atoms with Crippen molar-refractivity contribution in [2.24, 2.45) is 0 Å². The average molecular weight is 189 g/mol. The summed E-state index contributed by atoms with van der Waals surface area (Å²) in [4.78, 5) is 0. The van der Waals surface area contributed by atoms with Gasteiger partial charge in [0.15, 0.2) is 0 Å². The largest absolute Gasteiger partial charge is 0.382 e. The van der Waals surface area contributed by atoms with Crippen LogP contribution in [0.3, 0.4) is 0 Å². The molecular formula is C13H19N. The van der Waals surface area contributed by atoms with Crippen LogP contribution in [0.1, 0.15) is 25.3 Å². The zero-order valence-corrected chi connectivity index (χ0v) is 9.09. The summed E-state index contributed by atoms with van der Waals surface area (Å²) >= 11 is 0. The highest BCUT2D eigenvalue weighted by Gasteiger charge is 2.01. The SMILES string of the molecule is C=CCC[C@H](C)Nc1ccccc1C. The van der Waals surface area contributed by atoms with Crippen molar-refractivity contribution in [1.29, 1.82) is 0 Å². The van der Waals surface area contributed by atoms with Crippen LogP contribution in [0.5, 0.6) is 0 Å². The highest BCUT2D eigenvalue weighted by Crippen LogP contribution is 2.15. The quantitative estimate of drug-likeness (QED) is 0.695. The molecule has 1 nitrogen and oxygen atoms in total. The fourth-order valence-corrected chi connectivity index (χ4v) is 1.44. The van der Waals surface area contributed by atoms with Crippen LogP contribution in [0.15, 0.2) is 36.9 Å². The molecule has 0 amide bonds. The van der Waals surface area contributed by atoms with Gasteiger partial charge in [0.25, 0.3) is 0 Å². The van der Waals surface area contributed by atoms with Gasteiger partial charge in [0.05, 0.1) is 0 Å². The lowest BCUT2D eigenvalue weighted by atomic mass is 10.1. The lowest BCUT2D eigenvalue weighted by Gasteiger charge is -2.15. The number of para-hydroxylation sites is 1. The molecule has 0 unspecified atom stereocenters. The van der Waals surface area contributed by atoms with Crippen molar-refractivity contribution >= 4 is 5.69 Å². The van der Waals surface area contributed by atoms with Crippen molar-refractivity contribution < 1.29 is 0 Å². The minimum atomic E-state index is 0.508. The molecule has 0 heterocycles. The third-order valence-corrected chi connectivity index (χ3v) is 2.35. The van der Waals surface area contributed by atoms with Crippen molar-refractivity contribution in [1.82, 2.24) is 0 Å². The van der Waals surface area contributed by atoms with Crippen LogP contribution in [0.2, 0.25) is 0 Å². The van der Waals surface area contributed by atoms with E-state index >= 15 is 0 Å². The Morgan fingerprint density at radius 3 is 2.79 bits per heavy atom. The molecule has 1 atom stereocenters. The summed E-state index contributed by atoms with van der Waals surface area (Å²) in [6, 6.07) is 8.89. The molecule has 0 bridgehead atoms. The third-order valence-electron chi connectivity index (χ3n) is 2.35. The number of hydrogen-bond donors (Lipinski definition) is 1. The first kappa shape index (κ1) is 10.8. The number of allylic oxidation sites excluding steroid dienone is 1. The summed E-state index contributed by atoms with van der Waals surface area (Å²) in [7, 11) is 0. The number of benzene rings is 1. The Balaban J connectivity index is 2.51. The summed E-state index contributed by atoms with van der Waals surface area (Å²) < 4.78 is 0.